The number of aromatic nitrogens is 3. The Balaban J connectivity index is 0.00000364. The second kappa shape index (κ2) is 13.0. The van der Waals surface area contributed by atoms with Crippen molar-refractivity contribution in [2.75, 3.05) is 0 Å². The number of rotatable bonds is 7. The number of pyridine rings is 3. The van der Waals surface area contributed by atoms with Crippen molar-refractivity contribution in [2.45, 2.75) is 24.7 Å². The number of hydrogen-bond acceptors (Lipinski definition) is 4. The molecule has 2 atom stereocenters. The van der Waals surface area contributed by atoms with Gasteiger partial charge in [0.15, 0.2) is 0 Å². The van der Waals surface area contributed by atoms with E-state index < -0.39 is 10.8 Å². The molecule has 8 rings (SSSR count). The zero-order valence-electron chi connectivity index (χ0n) is 26.4. The Kier molecular flexibility index (Phi) is 8.61. The molecule has 0 aliphatic carbocycles. The minimum atomic E-state index is -0.659. The molecule has 4 heterocycles. The first-order valence-electron chi connectivity index (χ1n) is 15.7. The Morgan fingerprint density at radius 2 is 1.17 bits per heavy atom. The predicted octanol–water partition coefficient (Wildman–Crippen LogP) is 10.0. The summed E-state index contributed by atoms with van der Waals surface area (Å²) < 4.78 is 2.36. The fourth-order valence-electron chi connectivity index (χ4n) is 6.62. The van der Waals surface area contributed by atoms with Crippen molar-refractivity contribution in [3.8, 4) is 11.3 Å². The van der Waals surface area contributed by atoms with E-state index >= 15 is 0 Å². The summed E-state index contributed by atoms with van der Waals surface area (Å²) >= 11 is 1.78. The van der Waals surface area contributed by atoms with E-state index in [-0.39, 0.29) is 20.1 Å². The van der Waals surface area contributed by atoms with E-state index in [0.717, 1.165) is 49.7 Å². The maximum Gasteiger partial charge on any atom is 3.00 e. The Morgan fingerprint density at radius 3 is 1.81 bits per heavy atom. The molecule has 0 aliphatic rings. The Bertz CT molecular complexity index is 2240. The zero-order valence-corrected chi connectivity index (χ0v) is 29.7. The van der Waals surface area contributed by atoms with Crippen LogP contribution in [0.4, 0.5) is 0 Å². The summed E-state index contributed by atoms with van der Waals surface area (Å²) in [5.41, 5.74) is 6.39. The van der Waals surface area contributed by atoms with Crippen LogP contribution in [0.25, 0.3) is 31.4 Å². The van der Waals surface area contributed by atoms with Gasteiger partial charge in [0.25, 0.3) is 0 Å². The molecule has 4 aromatic heterocycles. The van der Waals surface area contributed by atoms with Gasteiger partial charge in [0.2, 0.25) is 0 Å². The summed E-state index contributed by atoms with van der Waals surface area (Å²) in [5.74, 6) is 0. The van der Waals surface area contributed by atoms with Gasteiger partial charge in [-0.15, -0.1) is 57.9 Å². The fraction of sp³-hybridized carbons (Fsp3) is 0.0930. The van der Waals surface area contributed by atoms with Gasteiger partial charge in [-0.3, -0.25) is 15.0 Å². The number of thiophene rings is 1. The molecule has 0 radical (unpaired) electrons. The van der Waals surface area contributed by atoms with Gasteiger partial charge in [-0.1, -0.05) is 30.3 Å². The molecule has 0 saturated carbocycles. The van der Waals surface area contributed by atoms with Crippen LogP contribution in [0.3, 0.4) is 0 Å². The molecule has 0 saturated heterocycles. The Hall–Kier alpha value is -4.80. The van der Waals surface area contributed by atoms with E-state index in [4.69, 9.17) is 15.0 Å². The monoisotopic (exact) mass is 813 g/mol. The normalized spacial score (nSPS) is 13.8. The molecule has 5 heteroatoms. The minimum absolute atomic E-state index is 0. The summed E-state index contributed by atoms with van der Waals surface area (Å²) in [6.07, 6.45) is 3.71. The van der Waals surface area contributed by atoms with Gasteiger partial charge in [0, 0.05) is 38.6 Å². The summed E-state index contributed by atoms with van der Waals surface area (Å²) in [7, 11) is 0. The number of hydrogen-bond donors (Lipinski definition) is 0. The number of nitrogens with zero attached hydrogens (tertiary/aromatic N) is 3. The minimum Gasteiger partial charge on any atom is -0.299 e. The van der Waals surface area contributed by atoms with Gasteiger partial charge >= 0.3 is 20.1 Å². The van der Waals surface area contributed by atoms with Crippen LogP contribution in [0.2, 0.25) is 0 Å². The Labute approximate surface area is 298 Å². The third-order valence-electron chi connectivity index (χ3n) is 9.31. The average Bonchev–Trinajstić information content (AvgIpc) is 3.54. The van der Waals surface area contributed by atoms with Crippen LogP contribution in [0.15, 0.2) is 146 Å². The fourth-order valence-corrected chi connectivity index (χ4v) is 7.80. The molecule has 3 nitrogen and oxygen atoms in total. The average molecular weight is 813 g/mol. The first-order chi connectivity index (χ1) is 23.1. The summed E-state index contributed by atoms with van der Waals surface area (Å²) in [6, 6.07) is 56.5. The maximum absolute atomic E-state index is 5.56. The quantitative estimate of drug-likeness (QED) is 0.151. The molecule has 8 aromatic rings. The summed E-state index contributed by atoms with van der Waals surface area (Å²) in [4.78, 5) is 15.3. The van der Waals surface area contributed by atoms with E-state index in [1.165, 1.54) is 15.5 Å². The second-order valence-corrected chi connectivity index (χ2v) is 13.1. The van der Waals surface area contributed by atoms with E-state index in [1.54, 1.807) is 11.3 Å². The van der Waals surface area contributed by atoms with Crippen molar-refractivity contribution < 1.29 is 20.1 Å². The first kappa shape index (κ1) is 31.8. The van der Waals surface area contributed by atoms with Gasteiger partial charge in [0.1, 0.15) is 0 Å². The van der Waals surface area contributed by atoms with E-state index in [0.29, 0.717) is 0 Å². The number of benzene rings is 4. The molecule has 232 valence electrons. The molecule has 0 spiro atoms. The molecule has 1 unspecified atom stereocenters. The van der Waals surface area contributed by atoms with Gasteiger partial charge in [-0.05, 0) is 61.0 Å². The topological polar surface area (TPSA) is 38.7 Å². The zero-order chi connectivity index (χ0) is 31.8. The molecule has 48 heavy (non-hydrogen) atoms. The maximum atomic E-state index is 5.56. The van der Waals surface area contributed by atoms with E-state index in [9.17, 15) is 0 Å². The standard InChI is InChI=1S/C43H30N3S.Ir/c1-42(31-17-5-3-6-18-31,37-24-11-13-26-44-37)33-21-15-16-30(28-33)40-41-35(34-22-9-10-23-36(34)47-41)29-39(46-40)43(2,32-19-7-4-8-20-32)38-25-12-14-27-45-38;/h3-17,19,21-27,29H,1-2H3;/q-3;+3/t42?,43-;/m1./s1. The molecule has 0 amide bonds. The van der Waals surface area contributed by atoms with Crippen molar-refractivity contribution >= 4 is 31.5 Å². The van der Waals surface area contributed by atoms with Crippen molar-refractivity contribution in [3.05, 3.63) is 198 Å². The largest absolute Gasteiger partial charge is 3.00 e. The number of fused-ring (bicyclic) bond motifs is 3. The summed E-state index contributed by atoms with van der Waals surface area (Å²) in [5, 5.41) is 2.39. The smallest absolute Gasteiger partial charge is 0.299 e. The van der Waals surface area contributed by atoms with Crippen molar-refractivity contribution in [1.82, 2.24) is 15.0 Å². The molecule has 0 bridgehead atoms. The van der Waals surface area contributed by atoms with Gasteiger partial charge in [-0.25, -0.2) is 0 Å². The van der Waals surface area contributed by atoms with Crippen molar-refractivity contribution in [3.63, 3.8) is 0 Å². The van der Waals surface area contributed by atoms with Crippen molar-refractivity contribution in [1.29, 1.82) is 0 Å². The van der Waals surface area contributed by atoms with Gasteiger partial charge in [0.05, 0.1) is 16.8 Å². The van der Waals surface area contributed by atoms with Crippen LogP contribution in [-0.4, -0.2) is 15.0 Å². The third-order valence-corrected chi connectivity index (χ3v) is 10.5. The van der Waals surface area contributed by atoms with Crippen LogP contribution in [0, 0.1) is 18.2 Å². The van der Waals surface area contributed by atoms with Gasteiger partial charge < -0.3 is 0 Å². The van der Waals surface area contributed by atoms with Gasteiger partial charge in [-0.2, -0.15) is 60.7 Å². The van der Waals surface area contributed by atoms with Crippen LogP contribution in [0.1, 0.15) is 47.6 Å². The SMILES string of the molecule is CC(c1[c-]cccc1)(c1[c-]c(-c2nc([C@](C)(c3[c-]cccc3)c3ccccn3)cc3c2sc2ccccc23)ccc1)c1ccccn1.[Ir+3]. The predicted molar refractivity (Wildman–Crippen MR) is 192 cm³/mol. The third kappa shape index (κ3) is 5.29. The van der Waals surface area contributed by atoms with Crippen LogP contribution in [-0.2, 0) is 30.9 Å². The summed E-state index contributed by atoms with van der Waals surface area (Å²) in [6.45, 7) is 4.41. The molecular weight excluding hydrogens is 783 g/mol. The van der Waals surface area contributed by atoms with Crippen LogP contribution in [0.5, 0.6) is 0 Å². The molecular formula is C43H30IrN3S. The molecule has 0 fully saturated rings. The molecule has 0 N–H and O–H groups in total. The Morgan fingerprint density at radius 1 is 0.562 bits per heavy atom. The second-order valence-electron chi connectivity index (χ2n) is 12.0. The van der Waals surface area contributed by atoms with E-state index in [2.05, 4.69) is 117 Å². The van der Waals surface area contributed by atoms with Crippen molar-refractivity contribution in [2.24, 2.45) is 0 Å². The molecule has 0 aliphatic heterocycles. The van der Waals surface area contributed by atoms with E-state index in [1.807, 2.05) is 60.9 Å². The molecule has 4 aromatic carbocycles. The van der Waals surface area contributed by atoms with Crippen LogP contribution < -0.4 is 0 Å². The van der Waals surface area contributed by atoms with Crippen LogP contribution >= 0.6 is 11.3 Å². The first-order valence-corrected chi connectivity index (χ1v) is 16.5.